The van der Waals surface area contributed by atoms with E-state index in [-0.39, 0.29) is 0 Å². The first-order chi connectivity index (χ1) is 15.2. The predicted octanol–water partition coefficient (Wildman–Crippen LogP) is 1.64. The van der Waals surface area contributed by atoms with E-state index in [9.17, 15) is 0 Å². The van der Waals surface area contributed by atoms with E-state index in [1.54, 1.807) is 33.9 Å². The van der Waals surface area contributed by atoms with Gasteiger partial charge in [-0.1, -0.05) is 11.1 Å². The van der Waals surface area contributed by atoms with Crippen LogP contribution in [0.1, 0.15) is 28.3 Å². The molecule has 5 rings (SSSR count). The van der Waals surface area contributed by atoms with Gasteiger partial charge >= 0.3 is 0 Å². The molecule has 1 aromatic carbocycles. The molecule has 31 heavy (non-hydrogen) atoms. The van der Waals surface area contributed by atoms with Crippen LogP contribution in [0.3, 0.4) is 0 Å². The van der Waals surface area contributed by atoms with Gasteiger partial charge in [-0.3, -0.25) is 9.67 Å². The molecule has 1 aliphatic rings. The van der Waals surface area contributed by atoms with Crippen molar-refractivity contribution >= 4 is 0 Å². The molecule has 156 valence electrons. The van der Waals surface area contributed by atoms with Crippen molar-refractivity contribution in [3.8, 4) is 34.8 Å². The molecule has 0 saturated heterocycles. The standard InChI is InChI=1S/C21H19N7O3/c1-29-11-16-19-9-18-15(6-4-13-10-23-25-21(13)31-3)22-12-27(18)17-7-5-14(30-2)8-20(17)28(19)26-24-16/h5,7-8,10,12H,9,11H2,1-3H3,(H,23,25). The van der Waals surface area contributed by atoms with Crippen LogP contribution in [0, 0.1) is 11.8 Å². The molecular weight excluding hydrogens is 398 g/mol. The maximum absolute atomic E-state index is 5.43. The summed E-state index contributed by atoms with van der Waals surface area (Å²) in [5.41, 5.74) is 5.68. The van der Waals surface area contributed by atoms with E-state index >= 15 is 0 Å². The molecule has 0 saturated carbocycles. The van der Waals surface area contributed by atoms with Gasteiger partial charge in [0, 0.05) is 25.8 Å². The van der Waals surface area contributed by atoms with Gasteiger partial charge in [-0.15, -0.1) is 10.2 Å². The van der Waals surface area contributed by atoms with E-state index < -0.39 is 0 Å². The van der Waals surface area contributed by atoms with Crippen LogP contribution in [0.2, 0.25) is 0 Å². The molecule has 0 fully saturated rings. The number of aromatic amines is 1. The van der Waals surface area contributed by atoms with Crippen LogP contribution in [-0.2, 0) is 17.8 Å². The quantitative estimate of drug-likeness (QED) is 0.443. The lowest BCUT2D eigenvalue weighted by Gasteiger charge is -2.11. The number of methoxy groups -OCH3 is 3. The minimum Gasteiger partial charge on any atom is -0.497 e. The number of H-pyrrole nitrogens is 1. The second kappa shape index (κ2) is 7.62. The van der Waals surface area contributed by atoms with Gasteiger partial charge in [-0.25, -0.2) is 9.67 Å². The Hall–Kier alpha value is -4.10. The lowest BCUT2D eigenvalue weighted by Crippen LogP contribution is -2.04. The van der Waals surface area contributed by atoms with Gasteiger partial charge in [0.2, 0.25) is 5.88 Å². The maximum atomic E-state index is 5.43. The first kappa shape index (κ1) is 18.9. The van der Waals surface area contributed by atoms with Gasteiger partial charge < -0.3 is 14.2 Å². The van der Waals surface area contributed by atoms with Crippen molar-refractivity contribution in [1.29, 1.82) is 0 Å². The number of benzene rings is 1. The Bertz CT molecular complexity index is 1320. The molecule has 1 aliphatic heterocycles. The summed E-state index contributed by atoms with van der Waals surface area (Å²) >= 11 is 0. The smallest absolute Gasteiger partial charge is 0.248 e. The van der Waals surface area contributed by atoms with Crippen LogP contribution in [0.5, 0.6) is 11.6 Å². The normalized spacial score (nSPS) is 11.6. The predicted molar refractivity (Wildman–Crippen MR) is 110 cm³/mol. The summed E-state index contributed by atoms with van der Waals surface area (Å²) in [7, 11) is 4.83. The first-order valence-corrected chi connectivity index (χ1v) is 9.50. The van der Waals surface area contributed by atoms with Crippen molar-refractivity contribution in [3.63, 3.8) is 0 Å². The van der Waals surface area contributed by atoms with Crippen molar-refractivity contribution in [2.24, 2.45) is 0 Å². The van der Waals surface area contributed by atoms with Crippen LogP contribution < -0.4 is 9.47 Å². The molecule has 10 heteroatoms. The highest BCUT2D eigenvalue weighted by Crippen LogP contribution is 2.32. The second-order valence-corrected chi connectivity index (χ2v) is 6.83. The van der Waals surface area contributed by atoms with Gasteiger partial charge in [0.15, 0.2) is 0 Å². The fraction of sp³-hybridized carbons (Fsp3) is 0.238. The molecule has 10 nitrogen and oxygen atoms in total. The number of imidazole rings is 1. The molecule has 4 aromatic rings. The lowest BCUT2D eigenvalue weighted by molar-refractivity contribution is 0.180. The number of ether oxygens (including phenoxy) is 3. The average molecular weight is 417 g/mol. The van der Waals surface area contributed by atoms with E-state index in [1.807, 2.05) is 27.4 Å². The summed E-state index contributed by atoms with van der Waals surface area (Å²) in [6, 6.07) is 5.81. The monoisotopic (exact) mass is 417 g/mol. The molecule has 0 unspecified atom stereocenters. The van der Waals surface area contributed by atoms with Gasteiger partial charge in [0.05, 0.1) is 43.6 Å². The molecule has 3 aromatic heterocycles. The third-order valence-electron chi connectivity index (χ3n) is 5.11. The summed E-state index contributed by atoms with van der Waals surface area (Å²) in [5, 5.41) is 15.5. The minimum absolute atomic E-state index is 0.357. The zero-order valence-electron chi connectivity index (χ0n) is 17.2. The summed E-state index contributed by atoms with van der Waals surface area (Å²) in [6.45, 7) is 0.357. The number of aromatic nitrogens is 7. The van der Waals surface area contributed by atoms with Crippen molar-refractivity contribution in [1.82, 2.24) is 34.7 Å². The summed E-state index contributed by atoms with van der Waals surface area (Å²) in [5.74, 6) is 7.42. The number of nitrogens with one attached hydrogen (secondary N) is 1. The number of fused-ring (bicyclic) bond motifs is 5. The zero-order valence-corrected chi connectivity index (χ0v) is 17.2. The number of nitrogens with zero attached hydrogens (tertiary/aromatic N) is 6. The molecule has 0 aliphatic carbocycles. The maximum Gasteiger partial charge on any atom is 0.248 e. The highest BCUT2D eigenvalue weighted by molar-refractivity contribution is 5.60. The molecule has 0 spiro atoms. The van der Waals surface area contributed by atoms with Crippen LogP contribution >= 0.6 is 0 Å². The fourth-order valence-electron chi connectivity index (χ4n) is 3.62. The number of hydrogen-bond acceptors (Lipinski definition) is 7. The van der Waals surface area contributed by atoms with E-state index in [0.717, 1.165) is 34.2 Å². The van der Waals surface area contributed by atoms with Crippen molar-refractivity contribution in [2.45, 2.75) is 13.0 Å². The molecular formula is C21H19N7O3. The van der Waals surface area contributed by atoms with Crippen molar-refractivity contribution in [3.05, 3.63) is 59.1 Å². The van der Waals surface area contributed by atoms with E-state index in [1.165, 1.54) is 0 Å². The molecule has 0 radical (unpaired) electrons. The number of rotatable bonds is 4. The van der Waals surface area contributed by atoms with E-state index in [2.05, 4.69) is 37.3 Å². The molecule has 0 atom stereocenters. The van der Waals surface area contributed by atoms with Crippen LogP contribution in [0.4, 0.5) is 0 Å². The molecule has 4 heterocycles. The van der Waals surface area contributed by atoms with E-state index in [4.69, 9.17) is 14.2 Å². The summed E-state index contributed by atoms with van der Waals surface area (Å²) in [4.78, 5) is 4.57. The lowest BCUT2D eigenvalue weighted by atomic mass is 10.1. The van der Waals surface area contributed by atoms with Gasteiger partial charge in [-0.2, -0.15) is 0 Å². The average Bonchev–Trinajstić information content (AvgIpc) is 3.50. The second-order valence-electron chi connectivity index (χ2n) is 6.83. The van der Waals surface area contributed by atoms with Gasteiger partial charge in [0.1, 0.15) is 29.0 Å². The highest BCUT2D eigenvalue weighted by Gasteiger charge is 2.26. The molecule has 0 amide bonds. The minimum atomic E-state index is 0.357. The molecule has 1 N–H and O–H groups in total. The Kier molecular flexibility index (Phi) is 4.65. The first-order valence-electron chi connectivity index (χ1n) is 9.50. The third kappa shape index (κ3) is 3.12. The summed E-state index contributed by atoms with van der Waals surface area (Å²) < 4.78 is 19.8. The largest absolute Gasteiger partial charge is 0.497 e. The Morgan fingerprint density at radius 2 is 2.00 bits per heavy atom. The molecule has 0 bridgehead atoms. The van der Waals surface area contributed by atoms with Gasteiger partial charge in [0.25, 0.3) is 0 Å². The highest BCUT2D eigenvalue weighted by atomic mass is 16.5. The van der Waals surface area contributed by atoms with E-state index in [0.29, 0.717) is 30.2 Å². The Labute approximate surface area is 177 Å². The van der Waals surface area contributed by atoms with Crippen LogP contribution in [-0.4, -0.2) is 56.1 Å². The SMILES string of the molecule is COCc1nnn2c1Cc1c(C#Cc3c[nH]nc3OC)ncn1-c1ccc(OC)cc1-2. The fourth-order valence-corrected chi connectivity index (χ4v) is 3.62. The summed E-state index contributed by atoms with van der Waals surface area (Å²) in [6.07, 6.45) is 4.00. The third-order valence-corrected chi connectivity index (χ3v) is 5.11. The topological polar surface area (TPSA) is 105 Å². The Morgan fingerprint density at radius 1 is 1.10 bits per heavy atom. The zero-order chi connectivity index (χ0) is 21.4. The van der Waals surface area contributed by atoms with Crippen molar-refractivity contribution < 1.29 is 14.2 Å². The number of hydrogen-bond donors (Lipinski definition) is 1. The Morgan fingerprint density at radius 3 is 2.81 bits per heavy atom. The van der Waals surface area contributed by atoms with Gasteiger partial charge in [-0.05, 0) is 18.1 Å². The Balaban J connectivity index is 1.68. The van der Waals surface area contributed by atoms with Crippen molar-refractivity contribution in [2.75, 3.05) is 21.3 Å². The van der Waals surface area contributed by atoms with Crippen LogP contribution in [0.15, 0.2) is 30.7 Å². The van der Waals surface area contributed by atoms with Crippen LogP contribution in [0.25, 0.3) is 11.4 Å².